The van der Waals surface area contributed by atoms with Gasteiger partial charge in [0.15, 0.2) is 0 Å². The topological polar surface area (TPSA) is 35.5 Å². The van der Waals surface area contributed by atoms with Crippen LogP contribution in [0.3, 0.4) is 0 Å². The first-order chi connectivity index (χ1) is 12.2. The number of hydrogen-bond donors (Lipinski definition) is 0. The van der Waals surface area contributed by atoms with Crippen LogP contribution in [0.15, 0.2) is 23.5 Å². The molecule has 0 aromatic heterocycles. The minimum Gasteiger partial charge on any atom is -0.501 e. The van der Waals surface area contributed by atoms with Crippen LogP contribution in [0.5, 0.6) is 0 Å². The van der Waals surface area contributed by atoms with E-state index in [2.05, 4.69) is 39.8 Å². The first-order valence-corrected chi connectivity index (χ1v) is 10.9. The Balaban J connectivity index is 1.72. The van der Waals surface area contributed by atoms with E-state index in [9.17, 15) is 4.21 Å². The molecule has 4 heteroatoms. The summed E-state index contributed by atoms with van der Waals surface area (Å²) >= 11 is 0.772. The molecule has 4 unspecified atom stereocenters. The van der Waals surface area contributed by atoms with Crippen molar-refractivity contribution in [3.05, 3.63) is 23.5 Å². The van der Waals surface area contributed by atoms with Gasteiger partial charge < -0.3 is 9.47 Å². The Morgan fingerprint density at radius 3 is 2.77 bits per heavy atom. The minimum absolute atomic E-state index is 0.0528. The third-order valence-electron chi connectivity index (χ3n) is 8.33. The van der Waals surface area contributed by atoms with Gasteiger partial charge in [0.1, 0.15) is 0 Å². The van der Waals surface area contributed by atoms with Crippen molar-refractivity contribution in [2.45, 2.75) is 70.1 Å². The normalized spacial score (nSPS) is 45.0. The lowest BCUT2D eigenvalue weighted by Gasteiger charge is -2.56. The van der Waals surface area contributed by atoms with E-state index in [0.717, 1.165) is 43.3 Å². The maximum atomic E-state index is 11.9. The fraction of sp³-hybridized carbons (Fsp3) is 0.818. The summed E-state index contributed by atoms with van der Waals surface area (Å²) in [4.78, 5) is 0. The fourth-order valence-corrected chi connectivity index (χ4v) is 6.99. The zero-order valence-electron chi connectivity index (χ0n) is 16.8. The highest BCUT2D eigenvalue weighted by Gasteiger charge is 2.64. The fourth-order valence-electron chi connectivity index (χ4n) is 6.65. The molecular weight excluding hydrogens is 344 g/mol. The Bertz CT molecular complexity index is 666. The van der Waals surface area contributed by atoms with E-state index < -0.39 is 0 Å². The Labute approximate surface area is 162 Å². The molecular formula is C22H33O3S+. The molecule has 6 atom stereocenters. The van der Waals surface area contributed by atoms with Gasteiger partial charge in [-0.15, -0.1) is 0 Å². The summed E-state index contributed by atoms with van der Waals surface area (Å²) in [5, 5.41) is 0. The number of hydrogen-bond acceptors (Lipinski definition) is 3. The van der Waals surface area contributed by atoms with Crippen LogP contribution < -0.4 is 0 Å². The lowest BCUT2D eigenvalue weighted by atomic mass is 9.49. The largest absolute Gasteiger partial charge is 0.501 e. The zero-order valence-corrected chi connectivity index (χ0v) is 17.7. The van der Waals surface area contributed by atoms with Crippen molar-refractivity contribution in [2.75, 3.05) is 13.7 Å². The Morgan fingerprint density at radius 2 is 2.08 bits per heavy atom. The second-order valence-electron chi connectivity index (χ2n) is 9.88. The van der Waals surface area contributed by atoms with Crippen LogP contribution in [0.25, 0.3) is 0 Å². The standard InChI is InChI=1S/C22H33O3S/c1-20(2,26-23)18-13-25-22(4)11-9-17-16(19(18)22)7-6-14-12-15(24-5)8-10-21(14,17)3/h6,12,16-19H,7-11,13H2,1-5H3/q+1/t16?,17?,18?,19?,21-,22-/m0/s1. The van der Waals surface area contributed by atoms with E-state index in [1.807, 2.05) is 0 Å². The quantitative estimate of drug-likeness (QED) is 0.656. The Morgan fingerprint density at radius 1 is 1.31 bits per heavy atom. The monoisotopic (exact) mass is 377 g/mol. The second kappa shape index (κ2) is 6.13. The van der Waals surface area contributed by atoms with E-state index in [-0.39, 0.29) is 15.8 Å². The molecule has 0 aromatic rings. The molecule has 4 rings (SSSR count). The van der Waals surface area contributed by atoms with Crippen LogP contribution in [-0.2, 0) is 25.3 Å². The summed E-state index contributed by atoms with van der Waals surface area (Å²) in [6.07, 6.45) is 10.5. The van der Waals surface area contributed by atoms with Crippen LogP contribution >= 0.6 is 0 Å². The van der Waals surface area contributed by atoms with Crippen LogP contribution in [0.2, 0.25) is 0 Å². The van der Waals surface area contributed by atoms with Gasteiger partial charge in [-0.1, -0.05) is 13.0 Å². The van der Waals surface area contributed by atoms with E-state index in [1.165, 1.54) is 18.4 Å². The molecule has 2 fully saturated rings. The average molecular weight is 378 g/mol. The van der Waals surface area contributed by atoms with Crippen molar-refractivity contribution in [1.82, 2.24) is 0 Å². The van der Waals surface area contributed by atoms with E-state index in [4.69, 9.17) is 9.47 Å². The molecule has 0 aromatic carbocycles. The molecule has 0 amide bonds. The maximum absolute atomic E-state index is 11.9. The van der Waals surface area contributed by atoms with Gasteiger partial charge in [-0.2, -0.15) is 0 Å². The number of allylic oxidation sites excluding steroid dienone is 4. The van der Waals surface area contributed by atoms with Crippen molar-refractivity contribution in [3.63, 3.8) is 0 Å². The lowest BCUT2D eigenvalue weighted by molar-refractivity contribution is -0.0901. The molecule has 26 heavy (non-hydrogen) atoms. The predicted molar refractivity (Wildman–Crippen MR) is 105 cm³/mol. The number of methoxy groups -OCH3 is 1. The van der Waals surface area contributed by atoms with Gasteiger partial charge >= 0.3 is 11.7 Å². The third kappa shape index (κ3) is 2.55. The summed E-state index contributed by atoms with van der Waals surface area (Å²) in [5.74, 6) is 3.26. The molecule has 1 saturated heterocycles. The molecule has 0 radical (unpaired) electrons. The highest BCUT2D eigenvalue weighted by Crippen LogP contribution is 2.63. The molecule has 3 aliphatic carbocycles. The van der Waals surface area contributed by atoms with Crippen molar-refractivity contribution in [3.8, 4) is 0 Å². The summed E-state index contributed by atoms with van der Waals surface area (Å²) in [5.41, 5.74) is 1.68. The van der Waals surface area contributed by atoms with Crippen LogP contribution in [-0.4, -0.2) is 24.1 Å². The number of rotatable bonds is 3. The molecule has 0 bridgehead atoms. The first-order valence-electron chi connectivity index (χ1n) is 10.2. The van der Waals surface area contributed by atoms with E-state index in [0.29, 0.717) is 23.7 Å². The van der Waals surface area contributed by atoms with Gasteiger partial charge in [0.2, 0.25) is 4.75 Å². The molecule has 3 nitrogen and oxygen atoms in total. The molecule has 144 valence electrons. The van der Waals surface area contributed by atoms with Crippen molar-refractivity contribution < 1.29 is 13.7 Å². The number of fused-ring (bicyclic) bond motifs is 5. The van der Waals surface area contributed by atoms with E-state index >= 15 is 0 Å². The third-order valence-corrected chi connectivity index (χ3v) is 9.06. The summed E-state index contributed by atoms with van der Waals surface area (Å²) in [7, 11) is 1.79. The average Bonchev–Trinajstić information content (AvgIpc) is 2.99. The maximum Gasteiger partial charge on any atom is 0.465 e. The van der Waals surface area contributed by atoms with Crippen LogP contribution in [0.1, 0.15) is 59.8 Å². The molecule has 4 aliphatic rings. The highest BCUT2D eigenvalue weighted by atomic mass is 32.1. The van der Waals surface area contributed by atoms with Gasteiger partial charge in [0, 0.05) is 30.4 Å². The van der Waals surface area contributed by atoms with Gasteiger partial charge in [-0.25, -0.2) is 0 Å². The molecule has 0 N–H and O–H groups in total. The minimum atomic E-state index is -0.273. The van der Waals surface area contributed by atoms with Crippen molar-refractivity contribution in [2.24, 2.45) is 29.1 Å². The summed E-state index contributed by atoms with van der Waals surface area (Å²) in [6, 6.07) is 0. The molecule has 0 spiro atoms. The number of ether oxygens (including phenoxy) is 2. The van der Waals surface area contributed by atoms with Gasteiger partial charge in [-0.05, 0) is 61.5 Å². The van der Waals surface area contributed by atoms with Gasteiger partial charge in [0.05, 0.1) is 31.0 Å². The first kappa shape index (κ1) is 18.6. The smallest absolute Gasteiger partial charge is 0.465 e. The second-order valence-corrected chi connectivity index (χ2v) is 11.1. The summed E-state index contributed by atoms with van der Waals surface area (Å²) < 4.78 is 23.5. The highest BCUT2D eigenvalue weighted by molar-refractivity contribution is 7.67. The van der Waals surface area contributed by atoms with Crippen LogP contribution in [0.4, 0.5) is 0 Å². The van der Waals surface area contributed by atoms with Crippen molar-refractivity contribution in [1.29, 1.82) is 0 Å². The zero-order chi connectivity index (χ0) is 18.7. The van der Waals surface area contributed by atoms with E-state index in [1.54, 1.807) is 7.11 Å². The van der Waals surface area contributed by atoms with Gasteiger partial charge in [0.25, 0.3) is 0 Å². The summed E-state index contributed by atoms with van der Waals surface area (Å²) in [6.45, 7) is 9.76. The van der Waals surface area contributed by atoms with Gasteiger partial charge in [-0.3, -0.25) is 0 Å². The SMILES string of the molecule is COC1=CC2=CCC3C(CC[C@]4(C)OCC(C(C)(C)[S+]=O)C34)[C@@]2(C)CC1. The molecule has 1 aliphatic heterocycles. The molecule has 1 heterocycles. The lowest BCUT2D eigenvalue weighted by Crippen LogP contribution is -2.54. The van der Waals surface area contributed by atoms with Crippen LogP contribution in [0, 0.1) is 29.1 Å². The Kier molecular flexibility index (Phi) is 4.39. The predicted octanol–water partition coefficient (Wildman–Crippen LogP) is 4.90. The van der Waals surface area contributed by atoms with Crippen molar-refractivity contribution >= 4 is 11.7 Å². The Hall–Kier alpha value is -0.740. The molecule has 1 saturated carbocycles.